The van der Waals surface area contributed by atoms with Crippen LogP contribution in [0.5, 0.6) is 5.75 Å². The number of benzene rings is 1. The average molecular weight is 404 g/mol. The van der Waals surface area contributed by atoms with Crippen LogP contribution in [-0.2, 0) is 18.0 Å². The van der Waals surface area contributed by atoms with Crippen LogP contribution in [0.15, 0.2) is 36.7 Å². The molecule has 0 unspecified atom stereocenters. The van der Waals surface area contributed by atoms with E-state index in [-0.39, 0.29) is 23.5 Å². The van der Waals surface area contributed by atoms with Gasteiger partial charge in [-0.2, -0.15) is 18.3 Å². The molecule has 9 heteroatoms. The molecule has 1 saturated heterocycles. The van der Waals surface area contributed by atoms with Crippen LogP contribution in [-0.4, -0.2) is 33.3 Å². The van der Waals surface area contributed by atoms with Crippen molar-refractivity contribution in [3.05, 3.63) is 42.4 Å². The number of aryl methyl sites for hydroxylation is 1. The summed E-state index contributed by atoms with van der Waals surface area (Å²) < 4.78 is 47.6. The van der Waals surface area contributed by atoms with Gasteiger partial charge in [0.2, 0.25) is 5.91 Å². The Morgan fingerprint density at radius 3 is 2.83 bits per heavy atom. The number of carbonyl (C=O) groups excluding carboxylic acids is 1. The van der Waals surface area contributed by atoms with Crippen molar-refractivity contribution in [2.24, 2.45) is 13.0 Å². The van der Waals surface area contributed by atoms with Gasteiger partial charge in [0, 0.05) is 49.3 Å². The Hall–Kier alpha value is -3.10. The first-order chi connectivity index (χ1) is 13.7. The number of carbonyl (C=O) groups is 1. The number of alkyl halides is 3. The summed E-state index contributed by atoms with van der Waals surface area (Å²) in [5.74, 6) is 0.382. The van der Waals surface area contributed by atoms with Gasteiger partial charge in [-0.05, 0) is 36.8 Å². The number of hydrogen-bond acceptors (Lipinski definition) is 4. The number of halogens is 3. The molecule has 1 N–H and O–H groups in total. The molecular formula is C20H19F3N4O2. The number of ether oxygens (including phenoxy) is 1. The lowest BCUT2D eigenvalue weighted by Crippen LogP contribution is -2.25. The molecule has 1 aromatic carbocycles. The number of pyridine rings is 1. The Balaban J connectivity index is 1.79. The van der Waals surface area contributed by atoms with E-state index < -0.39 is 11.9 Å². The van der Waals surface area contributed by atoms with Crippen LogP contribution in [0.2, 0.25) is 0 Å². The standard InChI is InChI=1S/C20H19F3N4O2/c1-11(13-8-18(28)25-9-13)29-17-7-12(6-16-14(17)4-3-5-24-16)15-10-27(2)26-19(15)20(21,22)23/h3-7,10-11,13H,8-9H2,1-2H3,(H,25,28)/t11-,13-/m1/s1. The molecule has 3 aromatic rings. The zero-order chi connectivity index (χ0) is 20.8. The lowest BCUT2D eigenvalue weighted by molar-refractivity contribution is -0.141. The number of aromatic nitrogens is 3. The quantitative estimate of drug-likeness (QED) is 0.722. The first kappa shape index (κ1) is 19.2. The van der Waals surface area contributed by atoms with Crippen LogP contribution in [0.25, 0.3) is 22.0 Å². The van der Waals surface area contributed by atoms with E-state index in [1.807, 2.05) is 6.92 Å². The second kappa shape index (κ2) is 7.06. The fraction of sp³-hybridized carbons (Fsp3) is 0.350. The number of nitrogens with one attached hydrogen (secondary N) is 1. The number of rotatable bonds is 4. The normalized spacial score (nSPS) is 18.1. The molecule has 152 valence electrons. The van der Waals surface area contributed by atoms with Crippen molar-refractivity contribution in [1.82, 2.24) is 20.1 Å². The predicted octanol–water partition coefficient (Wildman–Crippen LogP) is 3.56. The Labute approximate surface area is 164 Å². The van der Waals surface area contributed by atoms with Crippen molar-refractivity contribution in [2.75, 3.05) is 6.54 Å². The highest BCUT2D eigenvalue weighted by Gasteiger charge is 2.37. The molecule has 0 radical (unpaired) electrons. The lowest BCUT2D eigenvalue weighted by Gasteiger charge is -2.21. The molecule has 1 aliphatic heterocycles. The molecule has 0 spiro atoms. The van der Waals surface area contributed by atoms with Gasteiger partial charge in [0.1, 0.15) is 11.9 Å². The molecule has 0 aliphatic carbocycles. The van der Waals surface area contributed by atoms with E-state index in [0.717, 1.165) is 4.68 Å². The minimum Gasteiger partial charge on any atom is -0.490 e. The van der Waals surface area contributed by atoms with Crippen LogP contribution in [0.3, 0.4) is 0 Å². The van der Waals surface area contributed by atoms with Gasteiger partial charge in [-0.3, -0.25) is 14.5 Å². The maximum atomic E-state index is 13.5. The summed E-state index contributed by atoms with van der Waals surface area (Å²) in [5, 5.41) is 7.05. The van der Waals surface area contributed by atoms with Gasteiger partial charge in [-0.15, -0.1) is 0 Å². The second-order valence-electron chi connectivity index (χ2n) is 7.20. The van der Waals surface area contributed by atoms with Crippen molar-refractivity contribution in [3.8, 4) is 16.9 Å². The first-order valence-electron chi connectivity index (χ1n) is 9.15. The number of nitrogens with zero attached hydrogens (tertiary/aromatic N) is 3. The lowest BCUT2D eigenvalue weighted by atomic mass is 10.0. The largest absolute Gasteiger partial charge is 0.490 e. The van der Waals surface area contributed by atoms with Crippen molar-refractivity contribution in [3.63, 3.8) is 0 Å². The third kappa shape index (κ3) is 3.76. The van der Waals surface area contributed by atoms with Gasteiger partial charge in [0.05, 0.1) is 5.52 Å². The van der Waals surface area contributed by atoms with E-state index in [2.05, 4.69) is 15.4 Å². The van der Waals surface area contributed by atoms with E-state index in [1.54, 1.807) is 30.5 Å². The summed E-state index contributed by atoms with van der Waals surface area (Å²) in [6.45, 7) is 2.36. The van der Waals surface area contributed by atoms with Crippen LogP contribution in [0, 0.1) is 5.92 Å². The summed E-state index contributed by atoms with van der Waals surface area (Å²) in [6, 6.07) is 6.72. The van der Waals surface area contributed by atoms with Gasteiger partial charge < -0.3 is 10.1 Å². The minimum absolute atomic E-state index is 0.0120. The molecule has 1 amide bonds. The van der Waals surface area contributed by atoms with Crippen molar-refractivity contribution in [2.45, 2.75) is 25.6 Å². The molecule has 4 rings (SSSR count). The Bertz CT molecular complexity index is 1080. The van der Waals surface area contributed by atoms with Crippen LogP contribution >= 0.6 is 0 Å². The number of fused-ring (bicyclic) bond motifs is 1. The topological polar surface area (TPSA) is 69.0 Å². The maximum absolute atomic E-state index is 13.5. The number of hydrogen-bond donors (Lipinski definition) is 1. The predicted molar refractivity (Wildman–Crippen MR) is 100 cm³/mol. The molecular weight excluding hydrogens is 385 g/mol. The number of amides is 1. The summed E-state index contributed by atoms with van der Waals surface area (Å²) in [5.41, 5.74) is -0.160. The van der Waals surface area contributed by atoms with Gasteiger partial charge in [0.15, 0.2) is 5.69 Å². The zero-order valence-electron chi connectivity index (χ0n) is 15.8. The monoisotopic (exact) mass is 404 g/mol. The van der Waals surface area contributed by atoms with Gasteiger partial charge in [-0.1, -0.05) is 0 Å². The fourth-order valence-electron chi connectivity index (χ4n) is 3.57. The van der Waals surface area contributed by atoms with Crippen LogP contribution < -0.4 is 10.1 Å². The highest BCUT2D eigenvalue weighted by Crippen LogP contribution is 2.39. The molecule has 0 bridgehead atoms. The van der Waals surface area contributed by atoms with E-state index in [1.165, 1.54) is 13.2 Å². The molecule has 29 heavy (non-hydrogen) atoms. The summed E-state index contributed by atoms with van der Waals surface area (Å²) >= 11 is 0. The second-order valence-corrected chi connectivity index (χ2v) is 7.20. The summed E-state index contributed by atoms with van der Waals surface area (Å²) in [7, 11) is 1.45. The molecule has 2 atom stereocenters. The third-order valence-electron chi connectivity index (χ3n) is 5.08. The summed E-state index contributed by atoms with van der Waals surface area (Å²) in [6.07, 6.45) is -1.62. The van der Waals surface area contributed by atoms with E-state index in [0.29, 0.717) is 35.2 Å². The Morgan fingerprint density at radius 2 is 2.14 bits per heavy atom. The Morgan fingerprint density at radius 1 is 1.34 bits per heavy atom. The highest BCUT2D eigenvalue weighted by molar-refractivity contribution is 5.90. The fourth-order valence-corrected chi connectivity index (χ4v) is 3.57. The summed E-state index contributed by atoms with van der Waals surface area (Å²) in [4.78, 5) is 15.8. The third-order valence-corrected chi connectivity index (χ3v) is 5.08. The van der Waals surface area contributed by atoms with Gasteiger partial charge in [-0.25, -0.2) is 0 Å². The molecule has 0 saturated carbocycles. The first-order valence-corrected chi connectivity index (χ1v) is 9.15. The van der Waals surface area contributed by atoms with Crippen LogP contribution in [0.1, 0.15) is 19.0 Å². The molecule has 3 heterocycles. The van der Waals surface area contributed by atoms with E-state index >= 15 is 0 Å². The van der Waals surface area contributed by atoms with Gasteiger partial charge >= 0.3 is 6.18 Å². The molecule has 1 fully saturated rings. The molecule has 2 aromatic heterocycles. The van der Waals surface area contributed by atoms with Crippen molar-refractivity contribution < 1.29 is 22.7 Å². The van der Waals surface area contributed by atoms with Crippen molar-refractivity contribution >= 4 is 16.8 Å². The minimum atomic E-state index is -4.58. The van der Waals surface area contributed by atoms with E-state index in [4.69, 9.17) is 4.74 Å². The smallest absolute Gasteiger partial charge is 0.435 e. The molecule has 1 aliphatic rings. The van der Waals surface area contributed by atoms with Crippen molar-refractivity contribution in [1.29, 1.82) is 0 Å². The SMILES string of the molecule is C[C@@H](Oc1cc(-c2cn(C)nc2C(F)(F)F)cc2ncccc12)[C@H]1CNC(=O)C1. The highest BCUT2D eigenvalue weighted by atomic mass is 19.4. The zero-order valence-corrected chi connectivity index (χ0v) is 15.8. The van der Waals surface area contributed by atoms with Crippen LogP contribution in [0.4, 0.5) is 13.2 Å². The Kier molecular flexibility index (Phi) is 4.68. The average Bonchev–Trinajstić information content (AvgIpc) is 3.27. The molecule has 6 nitrogen and oxygen atoms in total. The maximum Gasteiger partial charge on any atom is 0.435 e. The van der Waals surface area contributed by atoms with Gasteiger partial charge in [0.25, 0.3) is 0 Å². The van der Waals surface area contributed by atoms with E-state index in [9.17, 15) is 18.0 Å².